The number of amides is 4. The number of imide groups is 2. The molecule has 1 heterocycles. The molecule has 1 fully saturated rings. The van der Waals surface area contributed by atoms with Crippen molar-refractivity contribution in [2.45, 2.75) is 4.90 Å². The predicted molar refractivity (Wildman–Crippen MR) is 97.3 cm³/mol. The van der Waals surface area contributed by atoms with Gasteiger partial charge in [-0.05, 0) is 42.7 Å². The van der Waals surface area contributed by atoms with E-state index in [0.717, 1.165) is 21.9 Å². The molecule has 1 atom stereocenters. The number of rotatable bonds is 4. The molecular weight excluding hydrogens is 357 g/mol. The summed E-state index contributed by atoms with van der Waals surface area (Å²) in [6.07, 6.45) is 3.11. The van der Waals surface area contributed by atoms with Gasteiger partial charge in [0.15, 0.2) is 5.92 Å². The fourth-order valence-corrected chi connectivity index (χ4v) is 2.99. The third-order valence-corrected chi connectivity index (χ3v) is 4.52. The molecule has 1 N–H and O–H groups in total. The summed E-state index contributed by atoms with van der Waals surface area (Å²) in [6.45, 7) is 0. The van der Waals surface area contributed by atoms with E-state index in [9.17, 15) is 18.8 Å². The van der Waals surface area contributed by atoms with Crippen molar-refractivity contribution < 1.29 is 18.8 Å². The summed E-state index contributed by atoms with van der Waals surface area (Å²) < 4.78 is 13.1. The maximum atomic E-state index is 13.1. The van der Waals surface area contributed by atoms with Crippen LogP contribution < -0.4 is 10.2 Å². The summed E-state index contributed by atoms with van der Waals surface area (Å²) in [7, 11) is 0. The minimum atomic E-state index is -1.26. The largest absolute Gasteiger partial charge is 0.335 e. The highest BCUT2D eigenvalue weighted by atomic mass is 32.2. The van der Waals surface area contributed by atoms with Crippen molar-refractivity contribution in [1.29, 1.82) is 0 Å². The zero-order valence-corrected chi connectivity index (χ0v) is 14.5. The minimum absolute atomic E-state index is 0.171. The number of carbonyl (C=O) groups excluding carboxylic acids is 3. The first-order chi connectivity index (χ1) is 12.5. The average Bonchev–Trinajstić information content (AvgIpc) is 2.63. The molecule has 6 nitrogen and oxygen atoms in total. The Kier molecular flexibility index (Phi) is 5.13. The van der Waals surface area contributed by atoms with Crippen LogP contribution in [0.15, 0.2) is 58.4 Å². The molecule has 8 heteroatoms. The van der Waals surface area contributed by atoms with Gasteiger partial charge in [0, 0.05) is 11.1 Å². The van der Waals surface area contributed by atoms with Crippen molar-refractivity contribution >= 4 is 47.2 Å². The topological polar surface area (TPSA) is 78.8 Å². The summed E-state index contributed by atoms with van der Waals surface area (Å²) >= 11 is 1.48. The van der Waals surface area contributed by atoms with E-state index in [1.54, 1.807) is 12.1 Å². The van der Waals surface area contributed by atoms with Crippen LogP contribution in [0.1, 0.15) is 0 Å². The van der Waals surface area contributed by atoms with Crippen molar-refractivity contribution in [3.05, 3.63) is 54.3 Å². The Labute approximate surface area is 153 Å². The summed E-state index contributed by atoms with van der Waals surface area (Å²) in [5, 5.41) is 2.12. The van der Waals surface area contributed by atoms with Gasteiger partial charge in [-0.2, -0.15) is 0 Å². The van der Waals surface area contributed by atoms with Gasteiger partial charge in [-0.25, -0.2) is 14.1 Å². The Morgan fingerprint density at radius 1 is 1.12 bits per heavy atom. The number of thioether (sulfide) groups is 1. The van der Waals surface area contributed by atoms with Crippen LogP contribution in [0.25, 0.3) is 0 Å². The summed E-state index contributed by atoms with van der Waals surface area (Å²) in [5.74, 6) is -3.24. The molecule has 26 heavy (non-hydrogen) atoms. The molecule has 3 rings (SSSR count). The van der Waals surface area contributed by atoms with Crippen LogP contribution >= 0.6 is 11.8 Å². The molecule has 0 saturated carbocycles. The molecule has 0 bridgehead atoms. The molecule has 0 aromatic heterocycles. The fraction of sp³-hybridized carbons (Fsp3) is 0.111. The first-order valence-electron chi connectivity index (χ1n) is 7.63. The predicted octanol–water partition coefficient (Wildman–Crippen LogP) is 3.15. The Morgan fingerprint density at radius 3 is 2.50 bits per heavy atom. The van der Waals surface area contributed by atoms with Crippen molar-refractivity contribution in [2.24, 2.45) is 10.9 Å². The number of hydrogen-bond donors (Lipinski definition) is 1. The second-order valence-corrected chi connectivity index (χ2v) is 6.22. The van der Waals surface area contributed by atoms with Gasteiger partial charge in [-0.15, -0.1) is 11.8 Å². The zero-order chi connectivity index (χ0) is 18.7. The molecule has 2 aromatic rings. The quantitative estimate of drug-likeness (QED) is 0.509. The lowest BCUT2D eigenvalue weighted by Crippen LogP contribution is -2.58. The molecule has 0 unspecified atom stereocenters. The third-order valence-electron chi connectivity index (χ3n) is 3.73. The minimum Gasteiger partial charge on any atom is -0.276 e. The number of aliphatic imine (C=N–C) groups is 1. The molecule has 0 radical (unpaired) electrons. The second-order valence-electron chi connectivity index (χ2n) is 5.37. The summed E-state index contributed by atoms with van der Waals surface area (Å²) in [6, 6.07) is 11.3. The number of barbiturate groups is 1. The first kappa shape index (κ1) is 17.8. The number of nitrogens with zero attached hydrogens (tertiary/aromatic N) is 2. The number of carbonyl (C=O) groups is 3. The van der Waals surface area contributed by atoms with E-state index >= 15 is 0 Å². The lowest BCUT2D eigenvalue weighted by molar-refractivity contribution is -0.131. The molecule has 0 spiro atoms. The molecular formula is C18H14FN3O3S. The van der Waals surface area contributed by atoms with Crippen molar-refractivity contribution in [3.63, 3.8) is 0 Å². The van der Waals surface area contributed by atoms with Gasteiger partial charge in [0.25, 0.3) is 5.91 Å². The van der Waals surface area contributed by atoms with E-state index in [2.05, 4.69) is 10.3 Å². The van der Waals surface area contributed by atoms with Crippen LogP contribution in [0.2, 0.25) is 0 Å². The van der Waals surface area contributed by atoms with E-state index in [4.69, 9.17) is 0 Å². The lowest BCUT2D eigenvalue weighted by atomic mass is 10.1. The van der Waals surface area contributed by atoms with E-state index in [1.165, 1.54) is 30.1 Å². The molecule has 1 aliphatic rings. The number of hydrogen-bond acceptors (Lipinski definition) is 5. The average molecular weight is 371 g/mol. The Bertz CT molecular complexity index is 899. The number of para-hydroxylation sites is 1. The van der Waals surface area contributed by atoms with E-state index in [1.807, 2.05) is 18.4 Å². The number of halogens is 1. The zero-order valence-electron chi connectivity index (χ0n) is 13.7. The molecule has 4 amide bonds. The van der Waals surface area contributed by atoms with Crippen molar-refractivity contribution in [3.8, 4) is 0 Å². The highest BCUT2D eigenvalue weighted by molar-refractivity contribution is 7.98. The second kappa shape index (κ2) is 7.49. The highest BCUT2D eigenvalue weighted by Gasteiger charge is 2.40. The van der Waals surface area contributed by atoms with Gasteiger partial charge < -0.3 is 0 Å². The van der Waals surface area contributed by atoms with E-state index in [0.29, 0.717) is 5.69 Å². The molecule has 2 aromatic carbocycles. The number of nitrogens with one attached hydrogen (secondary N) is 1. The summed E-state index contributed by atoms with van der Waals surface area (Å²) in [5.41, 5.74) is 0.787. The molecule has 0 aliphatic carbocycles. The number of urea groups is 1. The van der Waals surface area contributed by atoms with E-state index < -0.39 is 29.6 Å². The van der Waals surface area contributed by atoms with Gasteiger partial charge in [0.1, 0.15) is 5.82 Å². The highest BCUT2D eigenvalue weighted by Crippen LogP contribution is 2.27. The van der Waals surface area contributed by atoms with Crippen LogP contribution in [-0.2, 0) is 9.59 Å². The third kappa shape index (κ3) is 3.50. The van der Waals surface area contributed by atoms with Crippen LogP contribution in [0, 0.1) is 11.7 Å². The molecule has 132 valence electrons. The maximum absolute atomic E-state index is 13.1. The van der Waals surface area contributed by atoms with Crippen LogP contribution in [0.4, 0.5) is 20.6 Å². The Morgan fingerprint density at radius 2 is 1.81 bits per heavy atom. The smallest absolute Gasteiger partial charge is 0.276 e. The van der Waals surface area contributed by atoms with Crippen LogP contribution in [0.5, 0.6) is 0 Å². The molecule has 1 saturated heterocycles. The summed E-state index contributed by atoms with van der Waals surface area (Å²) in [4.78, 5) is 42.7. The first-order valence-corrected chi connectivity index (χ1v) is 8.85. The maximum Gasteiger partial charge on any atom is 0.335 e. The molecule has 1 aliphatic heterocycles. The van der Waals surface area contributed by atoms with Crippen molar-refractivity contribution in [1.82, 2.24) is 5.32 Å². The van der Waals surface area contributed by atoms with Gasteiger partial charge in [-0.1, -0.05) is 12.1 Å². The standard InChI is InChI=1S/C18H14FN3O3S/c1-26-15-5-3-2-4-14(15)20-10-13-16(23)21-18(25)22(17(13)24)12-8-6-11(19)7-9-12/h2-10,13H,1H3,(H,21,23,25)/t13-/m1/s1. The lowest BCUT2D eigenvalue weighted by Gasteiger charge is -2.28. The number of anilines is 1. The Hall–Kier alpha value is -3.00. The van der Waals surface area contributed by atoms with Gasteiger partial charge in [0.05, 0.1) is 11.4 Å². The van der Waals surface area contributed by atoms with Gasteiger partial charge in [-0.3, -0.25) is 19.9 Å². The Balaban J connectivity index is 1.90. The van der Waals surface area contributed by atoms with Gasteiger partial charge in [0.2, 0.25) is 5.91 Å². The normalized spacial score (nSPS) is 17.7. The van der Waals surface area contributed by atoms with E-state index in [-0.39, 0.29) is 5.69 Å². The fourth-order valence-electron chi connectivity index (χ4n) is 2.45. The number of benzene rings is 2. The van der Waals surface area contributed by atoms with Crippen LogP contribution in [-0.4, -0.2) is 30.3 Å². The van der Waals surface area contributed by atoms with Crippen molar-refractivity contribution in [2.75, 3.05) is 11.2 Å². The monoisotopic (exact) mass is 371 g/mol. The van der Waals surface area contributed by atoms with Gasteiger partial charge >= 0.3 is 6.03 Å². The van der Waals surface area contributed by atoms with Crippen LogP contribution in [0.3, 0.4) is 0 Å². The SMILES string of the molecule is CSc1ccccc1N=C[C@@H]1C(=O)NC(=O)N(c2ccc(F)cc2)C1=O.